The number of nitrogens with zero attached hydrogens (tertiary/aromatic N) is 4. The van der Waals surface area contributed by atoms with Crippen LogP contribution in [-0.4, -0.2) is 19.6 Å². The van der Waals surface area contributed by atoms with Crippen LogP contribution in [0.1, 0.15) is 37.2 Å². The van der Waals surface area contributed by atoms with Crippen LogP contribution in [0.15, 0.2) is 6.20 Å². The van der Waals surface area contributed by atoms with Gasteiger partial charge in [-0.1, -0.05) is 6.92 Å². The molecule has 0 fully saturated rings. The van der Waals surface area contributed by atoms with Crippen molar-refractivity contribution in [2.75, 3.05) is 5.32 Å². The van der Waals surface area contributed by atoms with E-state index in [9.17, 15) is 4.39 Å². The molecule has 0 saturated carbocycles. The summed E-state index contributed by atoms with van der Waals surface area (Å²) in [4.78, 5) is 0. The topological polar surface area (TPSA) is 47.7 Å². The second-order valence-electron chi connectivity index (χ2n) is 4.92. The van der Waals surface area contributed by atoms with Gasteiger partial charge in [0.05, 0.1) is 17.1 Å². The van der Waals surface area contributed by atoms with Crippen molar-refractivity contribution in [2.45, 2.75) is 53.8 Å². The molecule has 2 heterocycles. The van der Waals surface area contributed by atoms with Gasteiger partial charge < -0.3 is 5.32 Å². The Hall–Kier alpha value is -1.56. The summed E-state index contributed by atoms with van der Waals surface area (Å²) in [6, 6.07) is 0. The third-order valence-electron chi connectivity index (χ3n) is 3.34. The van der Waals surface area contributed by atoms with E-state index in [-0.39, 0.29) is 18.4 Å². The van der Waals surface area contributed by atoms with Crippen molar-refractivity contribution in [3.05, 3.63) is 29.1 Å². The van der Waals surface area contributed by atoms with Crippen molar-refractivity contribution in [3.63, 3.8) is 0 Å². The molecule has 1 N–H and O–H groups in total. The first-order valence-electron chi connectivity index (χ1n) is 7.06. The summed E-state index contributed by atoms with van der Waals surface area (Å²) < 4.78 is 17.4. The third kappa shape index (κ3) is 3.75. The van der Waals surface area contributed by atoms with Gasteiger partial charge >= 0.3 is 0 Å². The van der Waals surface area contributed by atoms with Crippen LogP contribution in [0, 0.1) is 19.8 Å². The van der Waals surface area contributed by atoms with Crippen LogP contribution in [-0.2, 0) is 19.6 Å². The van der Waals surface area contributed by atoms with Gasteiger partial charge in [0, 0.05) is 31.4 Å². The highest BCUT2D eigenvalue weighted by molar-refractivity contribution is 5.85. The fourth-order valence-electron chi connectivity index (χ4n) is 2.22. The molecule has 118 valence electrons. The van der Waals surface area contributed by atoms with Gasteiger partial charge in [-0.25, -0.2) is 4.68 Å². The summed E-state index contributed by atoms with van der Waals surface area (Å²) in [6.45, 7) is 9.64. The summed E-state index contributed by atoms with van der Waals surface area (Å²) >= 11 is 0. The van der Waals surface area contributed by atoms with Gasteiger partial charge in [-0.05, 0) is 27.2 Å². The van der Waals surface area contributed by atoms with Crippen molar-refractivity contribution >= 4 is 18.1 Å². The summed E-state index contributed by atoms with van der Waals surface area (Å²) in [5.41, 5.74) is 3.23. The molecule has 0 aliphatic carbocycles. The first-order valence-corrected chi connectivity index (χ1v) is 7.06. The predicted octanol–water partition coefficient (Wildman–Crippen LogP) is 3.30. The Labute approximate surface area is 130 Å². The van der Waals surface area contributed by atoms with E-state index < -0.39 is 0 Å². The largest absolute Gasteiger partial charge is 0.378 e. The predicted molar refractivity (Wildman–Crippen MR) is 84.4 cm³/mol. The van der Waals surface area contributed by atoms with Gasteiger partial charge in [-0.2, -0.15) is 14.6 Å². The van der Waals surface area contributed by atoms with Crippen LogP contribution in [0.2, 0.25) is 0 Å². The highest BCUT2D eigenvalue weighted by atomic mass is 35.5. The van der Waals surface area contributed by atoms with Gasteiger partial charge in [-0.15, -0.1) is 12.4 Å². The standard InChI is InChI=1S/C14H22FN5.ClH/c1-5-7-19-9-13(11(4)17-19)16-8-12-10(3)18-20(6-2)14(12)15;/h9,16H,5-8H2,1-4H3;1H. The highest BCUT2D eigenvalue weighted by Crippen LogP contribution is 2.17. The zero-order chi connectivity index (χ0) is 14.7. The van der Waals surface area contributed by atoms with Gasteiger partial charge in [0.15, 0.2) is 0 Å². The molecule has 0 unspecified atom stereocenters. The Bertz CT molecular complexity index is 590. The first-order chi connectivity index (χ1) is 9.56. The average molecular weight is 316 g/mol. The normalized spacial score (nSPS) is 10.5. The maximum Gasteiger partial charge on any atom is 0.216 e. The highest BCUT2D eigenvalue weighted by Gasteiger charge is 2.14. The van der Waals surface area contributed by atoms with E-state index in [4.69, 9.17) is 0 Å². The van der Waals surface area contributed by atoms with Gasteiger partial charge in [0.25, 0.3) is 0 Å². The fourth-order valence-corrected chi connectivity index (χ4v) is 2.22. The summed E-state index contributed by atoms with van der Waals surface area (Å²) in [5, 5.41) is 11.8. The minimum Gasteiger partial charge on any atom is -0.378 e. The second kappa shape index (κ2) is 7.45. The Morgan fingerprint density at radius 2 is 1.90 bits per heavy atom. The van der Waals surface area contributed by atoms with E-state index in [2.05, 4.69) is 22.4 Å². The number of anilines is 1. The molecule has 0 saturated heterocycles. The number of aromatic nitrogens is 4. The molecule has 2 rings (SSSR count). The third-order valence-corrected chi connectivity index (χ3v) is 3.34. The monoisotopic (exact) mass is 315 g/mol. The molecule has 0 spiro atoms. The van der Waals surface area contributed by atoms with Crippen LogP contribution >= 0.6 is 12.4 Å². The number of hydrogen-bond acceptors (Lipinski definition) is 3. The Kier molecular flexibility index (Phi) is 6.20. The lowest BCUT2D eigenvalue weighted by molar-refractivity contribution is 0.464. The Balaban J connectivity index is 0.00000220. The molecule has 0 aliphatic rings. The number of hydrogen-bond donors (Lipinski definition) is 1. The molecule has 7 heteroatoms. The second-order valence-corrected chi connectivity index (χ2v) is 4.92. The van der Waals surface area contributed by atoms with E-state index in [0.717, 1.165) is 30.0 Å². The molecule has 2 aromatic rings. The number of halogens is 2. The summed E-state index contributed by atoms with van der Waals surface area (Å²) in [7, 11) is 0. The van der Waals surface area contributed by atoms with Crippen molar-refractivity contribution < 1.29 is 4.39 Å². The van der Waals surface area contributed by atoms with E-state index in [1.807, 2.05) is 31.6 Å². The smallest absolute Gasteiger partial charge is 0.216 e. The van der Waals surface area contributed by atoms with Crippen LogP contribution < -0.4 is 5.32 Å². The van der Waals surface area contributed by atoms with Gasteiger partial charge in [0.1, 0.15) is 0 Å². The van der Waals surface area contributed by atoms with E-state index >= 15 is 0 Å². The van der Waals surface area contributed by atoms with E-state index in [1.165, 1.54) is 4.68 Å². The minimum absolute atomic E-state index is 0. The molecule has 21 heavy (non-hydrogen) atoms. The summed E-state index contributed by atoms with van der Waals surface area (Å²) in [6.07, 6.45) is 3.01. The zero-order valence-corrected chi connectivity index (χ0v) is 13.8. The maximum absolute atomic E-state index is 14.1. The molecule has 0 radical (unpaired) electrons. The Morgan fingerprint density at radius 1 is 1.19 bits per heavy atom. The lowest BCUT2D eigenvalue weighted by atomic mass is 10.2. The SMILES string of the molecule is CCCn1cc(NCc2c(C)nn(CC)c2F)c(C)n1.Cl. The number of rotatable bonds is 6. The molecule has 2 aromatic heterocycles. The molecule has 0 aromatic carbocycles. The van der Waals surface area contributed by atoms with Gasteiger partial charge in [0.2, 0.25) is 5.95 Å². The lowest BCUT2D eigenvalue weighted by Crippen LogP contribution is -2.04. The summed E-state index contributed by atoms with van der Waals surface area (Å²) in [5.74, 6) is -0.254. The minimum atomic E-state index is -0.254. The molecule has 0 atom stereocenters. The lowest BCUT2D eigenvalue weighted by Gasteiger charge is -2.04. The molecule has 0 amide bonds. The zero-order valence-electron chi connectivity index (χ0n) is 13.0. The first kappa shape index (κ1) is 17.5. The molecule has 0 bridgehead atoms. The van der Waals surface area contributed by atoms with Crippen LogP contribution in [0.5, 0.6) is 0 Å². The van der Waals surface area contributed by atoms with Crippen LogP contribution in [0.25, 0.3) is 0 Å². The van der Waals surface area contributed by atoms with Gasteiger partial charge in [-0.3, -0.25) is 4.68 Å². The van der Waals surface area contributed by atoms with Crippen molar-refractivity contribution in [1.29, 1.82) is 0 Å². The van der Waals surface area contributed by atoms with Crippen molar-refractivity contribution in [1.82, 2.24) is 19.6 Å². The molecular weight excluding hydrogens is 293 g/mol. The van der Waals surface area contributed by atoms with E-state index in [0.29, 0.717) is 18.7 Å². The van der Waals surface area contributed by atoms with Crippen LogP contribution in [0.4, 0.5) is 10.1 Å². The number of aryl methyl sites for hydroxylation is 4. The van der Waals surface area contributed by atoms with Crippen molar-refractivity contribution in [2.24, 2.45) is 0 Å². The average Bonchev–Trinajstić information content (AvgIpc) is 2.89. The van der Waals surface area contributed by atoms with E-state index in [1.54, 1.807) is 0 Å². The quantitative estimate of drug-likeness (QED) is 0.889. The van der Waals surface area contributed by atoms with Crippen molar-refractivity contribution in [3.8, 4) is 0 Å². The molecule has 5 nitrogen and oxygen atoms in total. The fraction of sp³-hybridized carbons (Fsp3) is 0.571. The number of nitrogens with one attached hydrogen (secondary N) is 1. The van der Waals surface area contributed by atoms with Crippen LogP contribution in [0.3, 0.4) is 0 Å². The molecule has 0 aliphatic heterocycles. The Morgan fingerprint density at radius 3 is 2.48 bits per heavy atom. The maximum atomic E-state index is 14.1. The molecular formula is C14H23ClFN5.